The van der Waals surface area contributed by atoms with Gasteiger partial charge in [0.05, 0.1) is 12.1 Å². The van der Waals surface area contributed by atoms with E-state index in [0.717, 1.165) is 10.1 Å². The molecule has 0 unspecified atom stereocenters. The highest BCUT2D eigenvalue weighted by Crippen LogP contribution is 2.18. The molecule has 158 valence electrons. The van der Waals surface area contributed by atoms with Gasteiger partial charge < -0.3 is 5.32 Å². The van der Waals surface area contributed by atoms with E-state index in [1.54, 1.807) is 47.8 Å². The molecule has 0 bridgehead atoms. The Labute approximate surface area is 185 Å². The van der Waals surface area contributed by atoms with E-state index in [4.69, 9.17) is 11.6 Å². The molecule has 0 atom stereocenters. The molecule has 2 aromatic carbocycles. The van der Waals surface area contributed by atoms with Crippen molar-refractivity contribution in [2.75, 3.05) is 0 Å². The van der Waals surface area contributed by atoms with Gasteiger partial charge in [-0.2, -0.15) is 0 Å². The second-order valence-corrected chi connectivity index (χ2v) is 8.21. The third-order valence-corrected chi connectivity index (χ3v) is 6.09. The van der Waals surface area contributed by atoms with Gasteiger partial charge in [-0.25, -0.2) is 9.18 Å². The van der Waals surface area contributed by atoms with Gasteiger partial charge in [-0.05, 0) is 40.8 Å². The predicted octanol–water partition coefficient (Wildman–Crippen LogP) is 3.38. The van der Waals surface area contributed by atoms with Crippen molar-refractivity contribution in [2.45, 2.75) is 19.6 Å². The number of carbonyl (C=O) groups excluding carboxylic acids is 1. The number of hydrogen-bond acceptors (Lipinski definition) is 4. The van der Waals surface area contributed by atoms with E-state index >= 15 is 0 Å². The summed E-state index contributed by atoms with van der Waals surface area (Å²) in [5, 5.41) is 4.87. The Morgan fingerprint density at radius 1 is 1.03 bits per heavy atom. The third-order valence-electron chi connectivity index (χ3n) is 4.83. The molecule has 4 rings (SSSR count). The number of amides is 1. The fraction of sp³-hybridized carbons (Fsp3) is 0.136. The Bertz CT molecular complexity index is 1380. The first kappa shape index (κ1) is 21.0. The molecule has 1 N–H and O–H groups in total. The lowest BCUT2D eigenvalue weighted by atomic mass is 10.2. The molecule has 2 heterocycles. The first-order valence-electron chi connectivity index (χ1n) is 9.39. The number of nitrogens with one attached hydrogen (secondary N) is 1. The van der Waals surface area contributed by atoms with Crippen LogP contribution in [-0.2, 0) is 24.4 Å². The average molecular weight is 458 g/mol. The number of aromatic nitrogens is 2. The van der Waals surface area contributed by atoms with Gasteiger partial charge >= 0.3 is 5.69 Å². The van der Waals surface area contributed by atoms with Crippen molar-refractivity contribution < 1.29 is 9.18 Å². The summed E-state index contributed by atoms with van der Waals surface area (Å²) in [5.74, 6) is -0.760. The lowest BCUT2D eigenvalue weighted by Crippen LogP contribution is -2.42. The molecular weight excluding hydrogens is 441 g/mol. The Morgan fingerprint density at radius 2 is 1.77 bits per heavy atom. The van der Waals surface area contributed by atoms with Crippen LogP contribution in [0.15, 0.2) is 69.6 Å². The van der Waals surface area contributed by atoms with E-state index in [1.807, 2.05) is 0 Å². The Morgan fingerprint density at radius 3 is 2.52 bits per heavy atom. The van der Waals surface area contributed by atoms with E-state index in [-0.39, 0.29) is 25.5 Å². The zero-order valence-electron chi connectivity index (χ0n) is 16.2. The molecule has 0 saturated heterocycles. The number of fused-ring (bicyclic) bond motifs is 1. The van der Waals surface area contributed by atoms with Crippen LogP contribution >= 0.6 is 22.9 Å². The lowest BCUT2D eigenvalue weighted by Gasteiger charge is -2.13. The van der Waals surface area contributed by atoms with Crippen LogP contribution in [0.1, 0.15) is 11.1 Å². The Hall–Kier alpha value is -3.23. The van der Waals surface area contributed by atoms with Gasteiger partial charge in [0.2, 0.25) is 5.91 Å². The molecule has 1 amide bonds. The van der Waals surface area contributed by atoms with Crippen LogP contribution in [-0.4, -0.2) is 15.0 Å². The maximum atomic E-state index is 13.1. The normalized spacial score (nSPS) is 11.0. The third kappa shape index (κ3) is 4.45. The minimum Gasteiger partial charge on any atom is -0.350 e. The lowest BCUT2D eigenvalue weighted by molar-refractivity contribution is -0.121. The zero-order chi connectivity index (χ0) is 22.0. The van der Waals surface area contributed by atoms with Crippen LogP contribution < -0.4 is 16.6 Å². The molecule has 2 aromatic heterocycles. The second kappa shape index (κ2) is 8.87. The monoisotopic (exact) mass is 457 g/mol. The summed E-state index contributed by atoms with van der Waals surface area (Å²) in [6.07, 6.45) is 0. The molecule has 0 radical (unpaired) electrons. The molecule has 6 nitrogen and oxygen atoms in total. The van der Waals surface area contributed by atoms with Gasteiger partial charge in [-0.1, -0.05) is 41.9 Å². The maximum Gasteiger partial charge on any atom is 0.332 e. The molecule has 0 spiro atoms. The highest BCUT2D eigenvalue weighted by Gasteiger charge is 2.17. The molecule has 0 aliphatic carbocycles. The van der Waals surface area contributed by atoms with Crippen molar-refractivity contribution >= 4 is 39.1 Å². The molecule has 0 aliphatic heterocycles. The topological polar surface area (TPSA) is 73.1 Å². The SMILES string of the molecule is O=C(Cn1c(=O)n(Cc2ccccc2Cl)c(=O)c2sccc21)NCc1ccc(F)cc1. The number of benzene rings is 2. The van der Waals surface area contributed by atoms with Crippen LogP contribution in [0.2, 0.25) is 5.02 Å². The van der Waals surface area contributed by atoms with Crippen molar-refractivity contribution in [1.82, 2.24) is 14.5 Å². The van der Waals surface area contributed by atoms with E-state index in [0.29, 0.717) is 20.8 Å². The highest BCUT2D eigenvalue weighted by molar-refractivity contribution is 7.17. The first-order chi connectivity index (χ1) is 14.9. The largest absolute Gasteiger partial charge is 0.350 e. The summed E-state index contributed by atoms with van der Waals surface area (Å²) >= 11 is 7.41. The fourth-order valence-electron chi connectivity index (χ4n) is 3.22. The number of hydrogen-bond donors (Lipinski definition) is 1. The van der Waals surface area contributed by atoms with Crippen LogP contribution in [0.25, 0.3) is 10.2 Å². The number of thiophene rings is 1. The smallest absolute Gasteiger partial charge is 0.332 e. The summed E-state index contributed by atoms with van der Waals surface area (Å²) in [4.78, 5) is 38.5. The summed E-state index contributed by atoms with van der Waals surface area (Å²) in [7, 11) is 0. The van der Waals surface area contributed by atoms with Crippen LogP contribution in [0.5, 0.6) is 0 Å². The van der Waals surface area contributed by atoms with Gasteiger partial charge in [0.25, 0.3) is 5.56 Å². The Balaban J connectivity index is 1.64. The maximum absolute atomic E-state index is 13.1. The number of carbonyl (C=O) groups is 1. The number of rotatable bonds is 6. The van der Waals surface area contributed by atoms with Crippen molar-refractivity contribution in [2.24, 2.45) is 0 Å². The van der Waals surface area contributed by atoms with Crippen LogP contribution in [0.3, 0.4) is 0 Å². The summed E-state index contributed by atoms with van der Waals surface area (Å²) in [6, 6.07) is 14.4. The second-order valence-electron chi connectivity index (χ2n) is 6.89. The highest BCUT2D eigenvalue weighted by atomic mass is 35.5. The van der Waals surface area contributed by atoms with Crippen LogP contribution in [0, 0.1) is 5.82 Å². The number of halogens is 2. The predicted molar refractivity (Wildman–Crippen MR) is 119 cm³/mol. The van der Waals surface area contributed by atoms with Crippen molar-refractivity contribution in [3.8, 4) is 0 Å². The summed E-state index contributed by atoms with van der Waals surface area (Å²) < 4.78 is 15.8. The zero-order valence-corrected chi connectivity index (χ0v) is 17.8. The quantitative estimate of drug-likeness (QED) is 0.482. The van der Waals surface area contributed by atoms with E-state index in [2.05, 4.69) is 5.32 Å². The van der Waals surface area contributed by atoms with Gasteiger partial charge in [0.1, 0.15) is 17.1 Å². The summed E-state index contributed by atoms with van der Waals surface area (Å²) in [5.41, 5.74) is 0.760. The van der Waals surface area contributed by atoms with Gasteiger partial charge in [0, 0.05) is 11.6 Å². The van der Waals surface area contributed by atoms with Crippen molar-refractivity contribution in [1.29, 1.82) is 0 Å². The van der Waals surface area contributed by atoms with E-state index < -0.39 is 17.2 Å². The molecule has 31 heavy (non-hydrogen) atoms. The summed E-state index contributed by atoms with van der Waals surface area (Å²) in [6.45, 7) is -0.0572. The van der Waals surface area contributed by atoms with Crippen LogP contribution in [0.4, 0.5) is 4.39 Å². The molecule has 0 saturated carbocycles. The minimum absolute atomic E-state index is 0.00236. The average Bonchev–Trinajstić information content (AvgIpc) is 3.25. The molecule has 0 aliphatic rings. The van der Waals surface area contributed by atoms with Crippen molar-refractivity contribution in [3.05, 3.63) is 103 Å². The van der Waals surface area contributed by atoms with Gasteiger partial charge in [0.15, 0.2) is 0 Å². The van der Waals surface area contributed by atoms with Gasteiger partial charge in [-0.3, -0.25) is 18.7 Å². The minimum atomic E-state index is -0.590. The molecular formula is C22H17ClFN3O3S. The number of nitrogens with zero attached hydrogens (tertiary/aromatic N) is 2. The standard InChI is InChI=1S/C22H17ClFN3O3S/c23-17-4-2-1-3-15(17)12-27-21(29)20-18(9-10-31-20)26(22(27)30)13-19(28)25-11-14-5-7-16(24)8-6-14/h1-10H,11-13H2,(H,25,28). The van der Waals surface area contributed by atoms with Crippen molar-refractivity contribution in [3.63, 3.8) is 0 Å². The fourth-order valence-corrected chi connectivity index (χ4v) is 4.26. The molecule has 9 heteroatoms. The molecule has 0 fully saturated rings. The van der Waals surface area contributed by atoms with Gasteiger partial charge in [-0.15, -0.1) is 11.3 Å². The first-order valence-corrected chi connectivity index (χ1v) is 10.6. The van der Waals surface area contributed by atoms with E-state index in [9.17, 15) is 18.8 Å². The molecule has 4 aromatic rings. The van der Waals surface area contributed by atoms with E-state index in [1.165, 1.54) is 28.0 Å². The Kier molecular flexibility index (Phi) is 6.01.